The van der Waals surface area contributed by atoms with Crippen molar-refractivity contribution in [3.05, 3.63) is 40.7 Å². The van der Waals surface area contributed by atoms with E-state index in [0.717, 1.165) is 23.1 Å². The lowest BCUT2D eigenvalue weighted by molar-refractivity contribution is 1.20. The number of aryl methyl sites for hydroxylation is 2. The monoisotopic (exact) mass is 297 g/mol. The Morgan fingerprint density at radius 2 is 1.95 bits per heavy atom. The van der Waals surface area contributed by atoms with Gasteiger partial charge in [0, 0.05) is 19.3 Å². The first-order chi connectivity index (χ1) is 10.1. The van der Waals surface area contributed by atoms with Crippen molar-refractivity contribution in [3.63, 3.8) is 0 Å². The van der Waals surface area contributed by atoms with Crippen LogP contribution in [0, 0.1) is 13.8 Å². The predicted octanol–water partition coefficient (Wildman–Crippen LogP) is 3.98. The molecule has 1 heterocycles. The summed E-state index contributed by atoms with van der Waals surface area (Å²) in [6.07, 6.45) is 0. The molecule has 0 unspecified atom stereocenters. The zero-order chi connectivity index (χ0) is 15.0. The van der Waals surface area contributed by atoms with E-state index in [1.807, 2.05) is 7.05 Å². The van der Waals surface area contributed by atoms with Gasteiger partial charge >= 0.3 is 0 Å². The minimum Gasteiger partial charge on any atom is -0.385 e. The number of nitrogens with zero attached hydrogens (tertiary/aromatic N) is 2. The molecule has 3 rings (SSSR count). The fraction of sp³-hybridized carbons (Fsp3) is 0.294. The van der Waals surface area contributed by atoms with Gasteiger partial charge < -0.3 is 5.32 Å². The van der Waals surface area contributed by atoms with Crippen molar-refractivity contribution in [1.82, 2.24) is 4.98 Å². The molecule has 1 aromatic carbocycles. The lowest BCUT2D eigenvalue weighted by Crippen LogP contribution is -2.07. The van der Waals surface area contributed by atoms with Crippen LogP contribution in [0.25, 0.3) is 20.8 Å². The molecule has 0 spiro atoms. The lowest BCUT2D eigenvalue weighted by Gasteiger charge is -2.12. The molecule has 0 radical (unpaired) electrons. The molecule has 0 aromatic heterocycles. The van der Waals surface area contributed by atoms with E-state index in [1.165, 1.54) is 26.4 Å². The number of hydrogen-bond donors (Lipinski definition) is 1. The van der Waals surface area contributed by atoms with Crippen LogP contribution in [0.15, 0.2) is 29.3 Å². The maximum Gasteiger partial charge on any atom is 0.0813 e. The molecule has 0 amide bonds. The lowest BCUT2D eigenvalue weighted by atomic mass is 10.1. The van der Waals surface area contributed by atoms with Crippen molar-refractivity contribution in [1.29, 1.82) is 0 Å². The Kier molecular flexibility index (Phi) is 3.64. The summed E-state index contributed by atoms with van der Waals surface area (Å²) in [4.78, 5) is 10.3. The number of nitrogens with one attached hydrogen (secondary N) is 1. The number of fused-ring (bicyclic) bond motifs is 2. The summed E-state index contributed by atoms with van der Waals surface area (Å²) >= 11 is 1.78. The Morgan fingerprint density at radius 1 is 1.14 bits per heavy atom. The van der Waals surface area contributed by atoms with Crippen LogP contribution in [-0.4, -0.2) is 18.6 Å². The molecule has 0 saturated heterocycles. The van der Waals surface area contributed by atoms with E-state index in [9.17, 15) is 0 Å². The third-order valence-corrected chi connectivity index (χ3v) is 4.75. The Morgan fingerprint density at radius 3 is 2.67 bits per heavy atom. The first kappa shape index (κ1) is 14.0. The van der Waals surface area contributed by atoms with Gasteiger partial charge in [0.05, 0.1) is 26.1 Å². The molecular weight excluding hydrogens is 278 g/mol. The van der Waals surface area contributed by atoms with Crippen LogP contribution in [0.3, 0.4) is 0 Å². The van der Waals surface area contributed by atoms with Gasteiger partial charge in [-0.3, -0.25) is 4.99 Å². The molecule has 3 nitrogen and oxygen atoms in total. The van der Waals surface area contributed by atoms with Gasteiger partial charge in [-0.1, -0.05) is 0 Å². The number of aromatic nitrogens is 1. The summed E-state index contributed by atoms with van der Waals surface area (Å²) in [6, 6.07) is 8.63. The van der Waals surface area contributed by atoms with E-state index in [-0.39, 0.29) is 0 Å². The van der Waals surface area contributed by atoms with Gasteiger partial charge in [0.1, 0.15) is 0 Å². The molecule has 1 aliphatic carbocycles. The second-order valence-corrected chi connectivity index (χ2v) is 6.29. The fourth-order valence-electron chi connectivity index (χ4n) is 2.54. The number of hydrogen-bond acceptors (Lipinski definition) is 4. The third-order valence-electron chi connectivity index (χ3n) is 3.65. The quantitative estimate of drug-likeness (QED) is 0.726. The Bertz CT molecular complexity index is 849. The van der Waals surface area contributed by atoms with Crippen molar-refractivity contribution in [2.45, 2.75) is 20.8 Å². The number of rotatable bonds is 2. The zero-order valence-corrected chi connectivity index (χ0v) is 13.6. The van der Waals surface area contributed by atoms with Crippen LogP contribution in [0.1, 0.15) is 18.1 Å². The molecule has 2 aliphatic rings. The summed E-state index contributed by atoms with van der Waals surface area (Å²) in [6.45, 7) is 7.25. The van der Waals surface area contributed by atoms with Gasteiger partial charge in [0.25, 0.3) is 0 Å². The molecule has 0 fully saturated rings. The normalized spacial score (nSPS) is 12.3. The van der Waals surface area contributed by atoms with Gasteiger partial charge in [0.2, 0.25) is 0 Å². The molecule has 1 N–H and O–H groups in total. The van der Waals surface area contributed by atoms with Gasteiger partial charge in [-0.2, -0.15) is 0 Å². The molecule has 21 heavy (non-hydrogen) atoms. The predicted molar refractivity (Wildman–Crippen MR) is 91.4 cm³/mol. The highest BCUT2D eigenvalue weighted by atomic mass is 32.1. The average Bonchev–Trinajstić information content (AvgIpc) is 2.46. The molecule has 0 atom stereocenters. The van der Waals surface area contributed by atoms with Crippen LogP contribution in [-0.2, 0) is 0 Å². The first-order valence-electron chi connectivity index (χ1n) is 7.15. The number of anilines is 1. The largest absolute Gasteiger partial charge is 0.385 e. The first-order valence-corrected chi connectivity index (χ1v) is 7.96. The van der Waals surface area contributed by atoms with E-state index in [2.05, 4.69) is 55.3 Å². The van der Waals surface area contributed by atoms with Crippen LogP contribution in [0.4, 0.5) is 5.69 Å². The Hall–Kier alpha value is -1.94. The van der Waals surface area contributed by atoms with Crippen molar-refractivity contribution in [2.75, 3.05) is 18.9 Å². The average molecular weight is 297 g/mol. The van der Waals surface area contributed by atoms with Crippen molar-refractivity contribution in [3.8, 4) is 10.6 Å². The van der Waals surface area contributed by atoms with Crippen LogP contribution in [0.2, 0.25) is 0 Å². The molecule has 4 heteroatoms. The van der Waals surface area contributed by atoms with E-state index < -0.39 is 0 Å². The van der Waals surface area contributed by atoms with Gasteiger partial charge in [-0.25, -0.2) is 4.98 Å². The summed E-state index contributed by atoms with van der Waals surface area (Å²) in [5, 5.41) is 4.45. The maximum absolute atomic E-state index is 4.82. The molecular formula is C17H19N3S. The zero-order valence-electron chi connectivity index (χ0n) is 12.8. The SMILES string of the molecule is CCNc1cc2sc3cc(=NC)c(C)cc-3nc2cc1C. The van der Waals surface area contributed by atoms with Gasteiger partial charge in [-0.15, -0.1) is 11.3 Å². The molecule has 1 aromatic rings. The maximum atomic E-state index is 4.82. The Balaban J connectivity index is 2.31. The highest BCUT2D eigenvalue weighted by molar-refractivity contribution is 7.21. The summed E-state index contributed by atoms with van der Waals surface area (Å²) in [5.41, 5.74) is 5.71. The van der Waals surface area contributed by atoms with Gasteiger partial charge in [0.15, 0.2) is 0 Å². The summed E-state index contributed by atoms with van der Waals surface area (Å²) in [7, 11) is 1.83. The summed E-state index contributed by atoms with van der Waals surface area (Å²) < 4.78 is 1.20. The highest BCUT2D eigenvalue weighted by Gasteiger charge is 2.10. The van der Waals surface area contributed by atoms with Crippen LogP contribution in [0.5, 0.6) is 0 Å². The summed E-state index contributed by atoms with van der Waals surface area (Å²) in [5.74, 6) is 0. The van der Waals surface area contributed by atoms with E-state index >= 15 is 0 Å². The van der Waals surface area contributed by atoms with Crippen molar-refractivity contribution >= 4 is 27.2 Å². The third kappa shape index (κ3) is 2.51. The second kappa shape index (κ2) is 5.45. The second-order valence-electron chi connectivity index (χ2n) is 5.21. The molecule has 108 valence electrons. The standard InChI is InChI=1S/C17H19N3S/c1-5-19-13-9-17-15(7-11(13)3)20-14-6-10(2)12(18-4)8-16(14)21-17/h6-9,19H,5H2,1-4H3. The molecule has 1 aliphatic heterocycles. The fourth-order valence-corrected chi connectivity index (χ4v) is 3.55. The molecule has 0 bridgehead atoms. The van der Waals surface area contributed by atoms with Crippen LogP contribution < -0.4 is 10.7 Å². The van der Waals surface area contributed by atoms with E-state index in [4.69, 9.17) is 4.98 Å². The minimum atomic E-state index is 0.927. The van der Waals surface area contributed by atoms with E-state index in [1.54, 1.807) is 11.3 Å². The highest BCUT2D eigenvalue weighted by Crippen LogP contribution is 2.32. The number of benzene rings is 2. The smallest absolute Gasteiger partial charge is 0.0813 e. The van der Waals surface area contributed by atoms with Gasteiger partial charge in [-0.05, 0) is 56.2 Å². The van der Waals surface area contributed by atoms with Crippen molar-refractivity contribution < 1.29 is 0 Å². The minimum absolute atomic E-state index is 0.927. The topological polar surface area (TPSA) is 37.3 Å². The van der Waals surface area contributed by atoms with Crippen molar-refractivity contribution in [2.24, 2.45) is 4.99 Å². The van der Waals surface area contributed by atoms with Crippen LogP contribution >= 0.6 is 11.3 Å². The van der Waals surface area contributed by atoms with E-state index in [0.29, 0.717) is 0 Å². The Labute approximate surface area is 128 Å². The molecule has 0 saturated carbocycles.